The molecular weight excluding hydrogens is 452 g/mol. The third-order valence-electron chi connectivity index (χ3n) is 7.20. The molecule has 0 radical (unpaired) electrons. The summed E-state index contributed by atoms with van der Waals surface area (Å²) in [5, 5.41) is 22.9. The summed E-state index contributed by atoms with van der Waals surface area (Å²) in [6, 6.07) is 11.7. The molecule has 0 bridgehead atoms. The van der Waals surface area contributed by atoms with E-state index in [2.05, 4.69) is 40.4 Å². The van der Waals surface area contributed by atoms with Gasteiger partial charge in [0.25, 0.3) is 0 Å². The SMILES string of the molecule is Cc1cc(Cl)ccc1C(C)n1nnc2ccc(N3CCN(C(=O)C4CCCN4)C(CO)C3)cc21. The molecule has 3 atom stereocenters. The normalized spacial score (nSPS) is 21.9. The number of hydrogen-bond donors (Lipinski definition) is 2. The number of hydrogen-bond acceptors (Lipinski definition) is 6. The Balaban J connectivity index is 1.39. The number of carbonyl (C=O) groups is 1. The van der Waals surface area contributed by atoms with E-state index in [4.69, 9.17) is 11.6 Å². The Hall–Kier alpha value is -2.68. The highest BCUT2D eigenvalue weighted by molar-refractivity contribution is 6.30. The summed E-state index contributed by atoms with van der Waals surface area (Å²) in [7, 11) is 0. The summed E-state index contributed by atoms with van der Waals surface area (Å²) in [5.74, 6) is 0.112. The molecule has 34 heavy (non-hydrogen) atoms. The van der Waals surface area contributed by atoms with Gasteiger partial charge in [0.1, 0.15) is 5.52 Å². The van der Waals surface area contributed by atoms with Crippen molar-refractivity contribution in [3.05, 3.63) is 52.5 Å². The van der Waals surface area contributed by atoms with E-state index in [0.29, 0.717) is 19.6 Å². The summed E-state index contributed by atoms with van der Waals surface area (Å²) in [6.07, 6.45) is 1.89. The van der Waals surface area contributed by atoms with Crippen molar-refractivity contribution < 1.29 is 9.90 Å². The molecule has 3 aromatic rings. The van der Waals surface area contributed by atoms with Gasteiger partial charge in [-0.15, -0.1) is 5.10 Å². The minimum absolute atomic E-state index is 0.00362. The van der Waals surface area contributed by atoms with E-state index in [9.17, 15) is 9.90 Å². The number of aryl methyl sites for hydroxylation is 1. The van der Waals surface area contributed by atoms with Crippen LogP contribution in [0.2, 0.25) is 5.02 Å². The number of aliphatic hydroxyl groups is 1. The van der Waals surface area contributed by atoms with Crippen molar-refractivity contribution in [1.29, 1.82) is 0 Å². The first kappa shape index (κ1) is 23.1. The summed E-state index contributed by atoms with van der Waals surface area (Å²) < 4.78 is 1.95. The maximum atomic E-state index is 13.0. The van der Waals surface area contributed by atoms with Gasteiger partial charge in [-0.1, -0.05) is 22.9 Å². The first-order valence-corrected chi connectivity index (χ1v) is 12.3. The molecule has 2 fully saturated rings. The molecule has 2 saturated heterocycles. The number of nitrogens with zero attached hydrogens (tertiary/aromatic N) is 5. The maximum absolute atomic E-state index is 13.0. The summed E-state index contributed by atoms with van der Waals surface area (Å²) in [6.45, 7) is 6.90. The van der Waals surface area contributed by atoms with E-state index in [1.54, 1.807) is 0 Å². The van der Waals surface area contributed by atoms with Crippen LogP contribution in [0.15, 0.2) is 36.4 Å². The number of benzene rings is 2. The zero-order valence-electron chi connectivity index (χ0n) is 19.6. The fourth-order valence-electron chi connectivity index (χ4n) is 5.28. The zero-order valence-corrected chi connectivity index (χ0v) is 20.4. The van der Waals surface area contributed by atoms with E-state index in [1.807, 2.05) is 39.9 Å². The number of rotatable bonds is 5. The first-order chi connectivity index (χ1) is 16.5. The third-order valence-corrected chi connectivity index (χ3v) is 7.44. The van der Waals surface area contributed by atoms with Crippen LogP contribution in [0.5, 0.6) is 0 Å². The second kappa shape index (κ2) is 9.52. The lowest BCUT2D eigenvalue weighted by Gasteiger charge is -2.42. The number of nitrogens with one attached hydrogen (secondary N) is 1. The van der Waals surface area contributed by atoms with E-state index in [1.165, 1.54) is 0 Å². The molecule has 5 rings (SSSR count). The molecule has 1 amide bonds. The second-order valence-corrected chi connectivity index (χ2v) is 9.78. The van der Waals surface area contributed by atoms with Crippen LogP contribution in [0.4, 0.5) is 5.69 Å². The first-order valence-electron chi connectivity index (χ1n) is 12.0. The van der Waals surface area contributed by atoms with Crippen LogP contribution in [-0.4, -0.2) is 75.8 Å². The lowest BCUT2D eigenvalue weighted by Crippen LogP contribution is -2.59. The minimum atomic E-state index is -0.224. The van der Waals surface area contributed by atoms with E-state index in [0.717, 1.165) is 52.3 Å². The lowest BCUT2D eigenvalue weighted by molar-refractivity contribution is -0.136. The molecule has 0 spiro atoms. The Kier molecular flexibility index (Phi) is 6.46. The van der Waals surface area contributed by atoms with Gasteiger partial charge in [-0.3, -0.25) is 4.79 Å². The highest BCUT2D eigenvalue weighted by atomic mass is 35.5. The molecule has 2 N–H and O–H groups in total. The van der Waals surface area contributed by atoms with Gasteiger partial charge in [0.05, 0.1) is 30.2 Å². The number of aliphatic hydroxyl groups excluding tert-OH is 1. The van der Waals surface area contributed by atoms with Gasteiger partial charge in [-0.25, -0.2) is 4.68 Å². The summed E-state index contributed by atoms with van der Waals surface area (Å²) in [4.78, 5) is 17.1. The maximum Gasteiger partial charge on any atom is 0.240 e. The van der Waals surface area contributed by atoms with Crippen molar-refractivity contribution in [2.45, 2.75) is 44.8 Å². The number of piperazine rings is 1. The Bertz CT molecular complexity index is 1190. The highest BCUT2D eigenvalue weighted by Crippen LogP contribution is 2.29. The summed E-state index contributed by atoms with van der Waals surface area (Å²) >= 11 is 6.15. The van der Waals surface area contributed by atoms with Crippen LogP contribution in [0.1, 0.15) is 36.9 Å². The Morgan fingerprint density at radius 3 is 2.85 bits per heavy atom. The van der Waals surface area contributed by atoms with Crippen molar-refractivity contribution in [3.8, 4) is 0 Å². The molecule has 2 aromatic carbocycles. The lowest BCUT2D eigenvalue weighted by atomic mass is 10.0. The molecule has 180 valence electrons. The largest absolute Gasteiger partial charge is 0.394 e. The van der Waals surface area contributed by atoms with Gasteiger partial charge in [-0.05, 0) is 74.7 Å². The quantitative estimate of drug-likeness (QED) is 0.581. The van der Waals surface area contributed by atoms with Gasteiger partial charge >= 0.3 is 0 Å². The standard InChI is InChI=1S/C25H31ClN6O2/c1-16-12-18(26)5-7-21(16)17(2)32-24-13-19(6-8-22(24)28-29-32)30-10-11-31(20(14-30)15-33)25(34)23-4-3-9-27-23/h5-8,12-13,17,20,23,27,33H,3-4,9-11,14-15H2,1-2H3. The molecule has 2 aliphatic heterocycles. The van der Waals surface area contributed by atoms with Gasteiger partial charge < -0.3 is 20.2 Å². The van der Waals surface area contributed by atoms with Gasteiger partial charge in [0.15, 0.2) is 0 Å². The van der Waals surface area contributed by atoms with Gasteiger partial charge in [0, 0.05) is 30.3 Å². The predicted molar refractivity (Wildman–Crippen MR) is 133 cm³/mol. The Labute approximate surface area is 204 Å². The van der Waals surface area contributed by atoms with Crippen LogP contribution in [-0.2, 0) is 4.79 Å². The van der Waals surface area contributed by atoms with Crippen LogP contribution in [0, 0.1) is 6.92 Å². The van der Waals surface area contributed by atoms with Crippen molar-refractivity contribution in [2.75, 3.05) is 37.7 Å². The number of anilines is 1. The fraction of sp³-hybridized carbons (Fsp3) is 0.480. The highest BCUT2D eigenvalue weighted by Gasteiger charge is 2.35. The van der Waals surface area contributed by atoms with Crippen molar-refractivity contribution in [1.82, 2.24) is 25.2 Å². The third kappa shape index (κ3) is 4.26. The smallest absolute Gasteiger partial charge is 0.240 e. The number of carbonyl (C=O) groups excluding carboxylic acids is 1. The van der Waals surface area contributed by atoms with E-state index in [-0.39, 0.29) is 30.6 Å². The Morgan fingerprint density at radius 2 is 2.12 bits per heavy atom. The number of aromatic nitrogens is 3. The number of halogens is 1. The molecule has 9 heteroatoms. The monoisotopic (exact) mass is 482 g/mol. The van der Waals surface area contributed by atoms with Crippen LogP contribution in [0.25, 0.3) is 11.0 Å². The average molecular weight is 483 g/mol. The number of amides is 1. The molecule has 0 aliphatic carbocycles. The molecule has 3 unspecified atom stereocenters. The van der Waals surface area contributed by atoms with Crippen molar-refractivity contribution >= 4 is 34.2 Å². The Morgan fingerprint density at radius 1 is 1.26 bits per heavy atom. The molecular formula is C25H31ClN6O2. The summed E-state index contributed by atoms with van der Waals surface area (Å²) in [5.41, 5.74) is 5.09. The van der Waals surface area contributed by atoms with Crippen molar-refractivity contribution in [3.63, 3.8) is 0 Å². The minimum Gasteiger partial charge on any atom is -0.394 e. The van der Waals surface area contributed by atoms with E-state index < -0.39 is 0 Å². The molecule has 1 aromatic heterocycles. The van der Waals surface area contributed by atoms with Crippen LogP contribution in [0.3, 0.4) is 0 Å². The molecule has 3 heterocycles. The topological polar surface area (TPSA) is 86.5 Å². The molecule has 0 saturated carbocycles. The molecule has 8 nitrogen and oxygen atoms in total. The van der Waals surface area contributed by atoms with Gasteiger partial charge in [-0.2, -0.15) is 0 Å². The fourth-order valence-corrected chi connectivity index (χ4v) is 5.51. The predicted octanol–water partition coefficient (Wildman–Crippen LogP) is 2.76. The van der Waals surface area contributed by atoms with Crippen molar-refractivity contribution in [2.24, 2.45) is 0 Å². The number of fused-ring (bicyclic) bond motifs is 1. The average Bonchev–Trinajstić information content (AvgIpc) is 3.53. The second-order valence-electron chi connectivity index (χ2n) is 9.35. The molecule has 2 aliphatic rings. The van der Waals surface area contributed by atoms with Crippen LogP contribution < -0.4 is 10.2 Å². The van der Waals surface area contributed by atoms with Crippen LogP contribution >= 0.6 is 11.6 Å². The van der Waals surface area contributed by atoms with Gasteiger partial charge in [0.2, 0.25) is 5.91 Å². The van der Waals surface area contributed by atoms with E-state index >= 15 is 0 Å². The zero-order chi connectivity index (χ0) is 23.8.